The van der Waals surface area contributed by atoms with Gasteiger partial charge in [-0.25, -0.2) is 4.79 Å². The minimum Gasteiger partial charge on any atom is -0.454 e. The fourth-order valence-corrected chi connectivity index (χ4v) is 4.28. The minimum atomic E-state index is -0.976. The summed E-state index contributed by atoms with van der Waals surface area (Å²) in [6.45, 7) is 2.30. The number of amides is 3. The first kappa shape index (κ1) is 19.0. The third-order valence-electron chi connectivity index (χ3n) is 4.74. The summed E-state index contributed by atoms with van der Waals surface area (Å²) in [5.74, 6) is 1.75. The molecule has 28 heavy (non-hydrogen) atoms. The average Bonchev–Trinajstić information content (AvgIpc) is 3.21. The number of imide groups is 1. The number of urea groups is 1. The molecule has 2 aromatic carbocycles. The lowest BCUT2D eigenvalue weighted by Gasteiger charge is -2.22. The summed E-state index contributed by atoms with van der Waals surface area (Å²) in [4.78, 5) is 27.6. The number of fused-ring (bicyclic) bond motifs is 1. The zero-order valence-corrected chi connectivity index (χ0v) is 16.8. The molecule has 1 N–H and O–H groups in total. The number of rotatable bonds is 6. The van der Waals surface area contributed by atoms with Gasteiger partial charge in [0.15, 0.2) is 11.5 Å². The summed E-state index contributed by atoms with van der Waals surface area (Å²) in [6.07, 6.45) is 0.384. The van der Waals surface area contributed by atoms with Gasteiger partial charge in [-0.1, -0.05) is 17.7 Å². The maximum atomic E-state index is 12.9. The largest absolute Gasteiger partial charge is 0.454 e. The highest BCUT2D eigenvalue weighted by Crippen LogP contribution is 2.34. The lowest BCUT2D eigenvalue weighted by atomic mass is 9.92. The molecule has 8 heteroatoms. The van der Waals surface area contributed by atoms with Gasteiger partial charge in [0, 0.05) is 28.6 Å². The third-order valence-corrected chi connectivity index (χ3v) is 5.98. The van der Waals surface area contributed by atoms with Crippen LogP contribution in [0.4, 0.5) is 4.79 Å². The Balaban J connectivity index is 1.39. The van der Waals surface area contributed by atoms with Crippen LogP contribution in [0.25, 0.3) is 0 Å². The zero-order valence-electron chi connectivity index (χ0n) is 15.2. The van der Waals surface area contributed by atoms with Crippen molar-refractivity contribution in [2.75, 3.05) is 19.1 Å². The van der Waals surface area contributed by atoms with Crippen LogP contribution in [-0.4, -0.2) is 41.5 Å². The number of carbonyl (C=O) groups is 2. The van der Waals surface area contributed by atoms with E-state index < -0.39 is 5.54 Å². The van der Waals surface area contributed by atoms with E-state index in [2.05, 4.69) is 5.32 Å². The molecule has 2 aliphatic heterocycles. The quantitative estimate of drug-likeness (QED) is 0.572. The summed E-state index contributed by atoms with van der Waals surface area (Å²) in [5.41, 5.74) is -0.0757. The number of benzene rings is 2. The van der Waals surface area contributed by atoms with Crippen LogP contribution in [0.3, 0.4) is 0 Å². The second-order valence-electron chi connectivity index (χ2n) is 6.89. The molecule has 0 spiro atoms. The molecule has 0 bridgehead atoms. The highest BCUT2D eigenvalue weighted by molar-refractivity contribution is 7.99. The maximum Gasteiger partial charge on any atom is 0.325 e. The first-order valence-corrected chi connectivity index (χ1v) is 10.2. The van der Waals surface area contributed by atoms with Crippen molar-refractivity contribution in [3.05, 3.63) is 53.1 Å². The van der Waals surface area contributed by atoms with Crippen molar-refractivity contribution < 1.29 is 19.1 Å². The number of ether oxygens (including phenoxy) is 2. The van der Waals surface area contributed by atoms with E-state index in [1.807, 2.05) is 42.5 Å². The monoisotopic (exact) mass is 418 g/mol. The van der Waals surface area contributed by atoms with Gasteiger partial charge in [0.1, 0.15) is 5.54 Å². The van der Waals surface area contributed by atoms with E-state index in [0.717, 1.165) is 10.5 Å². The number of carbonyl (C=O) groups excluding carboxylic acids is 2. The van der Waals surface area contributed by atoms with Crippen LogP contribution in [0, 0.1) is 0 Å². The second kappa shape index (κ2) is 7.56. The van der Waals surface area contributed by atoms with Gasteiger partial charge in [-0.15, -0.1) is 11.8 Å². The highest BCUT2D eigenvalue weighted by Gasteiger charge is 2.47. The van der Waals surface area contributed by atoms with Gasteiger partial charge in [-0.2, -0.15) is 0 Å². The molecule has 6 nitrogen and oxygen atoms in total. The molecule has 0 radical (unpaired) electrons. The molecule has 2 aliphatic rings. The van der Waals surface area contributed by atoms with Gasteiger partial charge < -0.3 is 14.8 Å². The van der Waals surface area contributed by atoms with E-state index in [4.69, 9.17) is 21.1 Å². The number of hydrogen-bond donors (Lipinski definition) is 1. The fourth-order valence-electron chi connectivity index (χ4n) is 3.31. The van der Waals surface area contributed by atoms with Crippen LogP contribution < -0.4 is 14.8 Å². The molecule has 1 fully saturated rings. The van der Waals surface area contributed by atoms with E-state index in [-0.39, 0.29) is 18.7 Å². The van der Waals surface area contributed by atoms with E-state index in [9.17, 15) is 9.59 Å². The van der Waals surface area contributed by atoms with Crippen LogP contribution in [0.15, 0.2) is 47.4 Å². The van der Waals surface area contributed by atoms with Gasteiger partial charge in [-0.05, 0) is 48.9 Å². The van der Waals surface area contributed by atoms with Gasteiger partial charge in [0.2, 0.25) is 6.79 Å². The fraction of sp³-hybridized carbons (Fsp3) is 0.300. The Labute approximate surface area is 172 Å². The Morgan fingerprint density at radius 3 is 2.68 bits per heavy atom. The van der Waals surface area contributed by atoms with Crippen molar-refractivity contribution in [1.82, 2.24) is 10.2 Å². The van der Waals surface area contributed by atoms with Crippen LogP contribution in [0.2, 0.25) is 5.02 Å². The van der Waals surface area contributed by atoms with Crippen molar-refractivity contribution in [2.24, 2.45) is 0 Å². The molecule has 1 saturated heterocycles. The predicted octanol–water partition coefficient (Wildman–Crippen LogP) is 3.71. The van der Waals surface area contributed by atoms with Crippen molar-refractivity contribution in [3.8, 4) is 11.5 Å². The Morgan fingerprint density at radius 2 is 1.89 bits per heavy atom. The first-order valence-electron chi connectivity index (χ1n) is 8.86. The molecule has 4 rings (SSSR count). The zero-order chi connectivity index (χ0) is 19.7. The molecule has 0 saturated carbocycles. The average molecular weight is 419 g/mol. The number of nitrogens with one attached hydrogen (secondary N) is 1. The molecule has 2 aromatic rings. The molecule has 0 unspecified atom stereocenters. The number of hydrogen-bond acceptors (Lipinski definition) is 5. The molecule has 0 aliphatic carbocycles. The first-order chi connectivity index (χ1) is 13.4. The third kappa shape index (κ3) is 3.77. The maximum absolute atomic E-state index is 12.9. The number of nitrogens with zero attached hydrogens (tertiary/aromatic N) is 1. The normalized spacial score (nSPS) is 20.6. The number of halogens is 1. The summed E-state index contributed by atoms with van der Waals surface area (Å²) in [7, 11) is 0. The van der Waals surface area contributed by atoms with Gasteiger partial charge in [-0.3, -0.25) is 9.69 Å². The topological polar surface area (TPSA) is 67.9 Å². The van der Waals surface area contributed by atoms with E-state index in [1.165, 1.54) is 4.90 Å². The summed E-state index contributed by atoms with van der Waals surface area (Å²) in [6, 6.07) is 12.7. The van der Waals surface area contributed by atoms with Crippen LogP contribution >= 0.6 is 23.4 Å². The van der Waals surface area contributed by atoms with Crippen molar-refractivity contribution >= 4 is 35.3 Å². The summed E-state index contributed by atoms with van der Waals surface area (Å²) < 4.78 is 10.7. The Bertz CT molecular complexity index is 921. The Hall–Kier alpha value is -2.38. The molecular weight excluding hydrogens is 400 g/mol. The molecule has 2 heterocycles. The van der Waals surface area contributed by atoms with Crippen LogP contribution in [0.1, 0.15) is 12.5 Å². The smallest absolute Gasteiger partial charge is 0.325 e. The minimum absolute atomic E-state index is 0.199. The van der Waals surface area contributed by atoms with Gasteiger partial charge in [0.05, 0.1) is 0 Å². The van der Waals surface area contributed by atoms with Crippen LogP contribution in [-0.2, 0) is 11.2 Å². The van der Waals surface area contributed by atoms with E-state index in [0.29, 0.717) is 35.2 Å². The van der Waals surface area contributed by atoms with E-state index in [1.54, 1.807) is 18.7 Å². The molecule has 146 valence electrons. The summed E-state index contributed by atoms with van der Waals surface area (Å²) >= 11 is 7.46. The highest BCUT2D eigenvalue weighted by atomic mass is 35.5. The van der Waals surface area contributed by atoms with E-state index >= 15 is 0 Å². The molecule has 0 aromatic heterocycles. The lowest BCUT2D eigenvalue weighted by Crippen LogP contribution is -2.46. The molecule has 1 atom stereocenters. The predicted molar refractivity (Wildman–Crippen MR) is 107 cm³/mol. The standard InChI is InChI=1S/C20H19ClN2O4S/c1-20(11-13-2-7-16-17(10-13)27-12-26-16)18(24)23(19(25)22-20)8-9-28-15-5-3-14(21)4-6-15/h2-7,10H,8-9,11-12H2,1H3,(H,22,25)/t20-/m1/s1. The van der Waals surface area contributed by atoms with Crippen LogP contribution in [0.5, 0.6) is 11.5 Å². The Morgan fingerprint density at radius 1 is 1.14 bits per heavy atom. The second-order valence-corrected chi connectivity index (χ2v) is 8.49. The molecule has 3 amide bonds. The van der Waals surface area contributed by atoms with Crippen molar-refractivity contribution in [2.45, 2.75) is 23.8 Å². The summed E-state index contributed by atoms with van der Waals surface area (Å²) in [5, 5.41) is 3.52. The number of thioether (sulfide) groups is 1. The molecular formula is C20H19ClN2O4S. The Kier molecular flexibility index (Phi) is 5.12. The van der Waals surface area contributed by atoms with Gasteiger partial charge in [0.25, 0.3) is 5.91 Å². The van der Waals surface area contributed by atoms with Gasteiger partial charge >= 0.3 is 6.03 Å². The SMILES string of the molecule is C[C@]1(Cc2ccc3c(c2)OCO3)NC(=O)N(CCSc2ccc(Cl)cc2)C1=O. The van der Waals surface area contributed by atoms with Crippen molar-refractivity contribution in [1.29, 1.82) is 0 Å². The lowest BCUT2D eigenvalue weighted by molar-refractivity contribution is -0.130. The van der Waals surface area contributed by atoms with Crippen molar-refractivity contribution in [3.63, 3.8) is 0 Å².